The Labute approximate surface area is 207 Å². The molecule has 3 aromatic rings. The average molecular weight is 518 g/mol. The monoisotopic (exact) mass is 517 g/mol. The molecule has 0 radical (unpaired) electrons. The molecule has 2 fully saturated rings. The van der Waals surface area contributed by atoms with Crippen molar-refractivity contribution in [3.8, 4) is 0 Å². The van der Waals surface area contributed by atoms with Gasteiger partial charge >= 0.3 is 11.0 Å². The lowest BCUT2D eigenvalue weighted by molar-refractivity contribution is -0.137. The van der Waals surface area contributed by atoms with Crippen molar-refractivity contribution in [1.29, 1.82) is 0 Å². The van der Waals surface area contributed by atoms with Gasteiger partial charge in [-0.3, -0.25) is 19.1 Å². The molecule has 1 aliphatic heterocycles. The molecule has 10 heteroatoms. The number of aromatic nitrogens is 2. The second-order valence-corrected chi connectivity index (χ2v) is 11.6. The van der Waals surface area contributed by atoms with Crippen LogP contribution < -0.4 is 10.2 Å². The first-order valence-electron chi connectivity index (χ1n) is 11.6. The molecular formula is C25H22F3N3O2S2. The van der Waals surface area contributed by atoms with Crippen LogP contribution in [0.5, 0.6) is 0 Å². The predicted molar refractivity (Wildman–Crippen MR) is 129 cm³/mol. The van der Waals surface area contributed by atoms with Crippen molar-refractivity contribution < 1.29 is 18.0 Å². The number of carbonyl (C=O) groups is 1. The number of hydrogen-bond acceptors (Lipinski definition) is 5. The number of rotatable bonds is 4. The summed E-state index contributed by atoms with van der Waals surface area (Å²) in [6.45, 7) is -0.324. The molecule has 1 N–H and O–H groups in total. The molecule has 2 saturated carbocycles. The van der Waals surface area contributed by atoms with E-state index in [0.717, 1.165) is 32.9 Å². The Morgan fingerprint density at radius 1 is 1.14 bits per heavy atom. The highest BCUT2D eigenvalue weighted by molar-refractivity contribution is 8.00. The van der Waals surface area contributed by atoms with E-state index in [0.29, 0.717) is 23.0 Å². The second-order valence-electron chi connectivity index (χ2n) is 9.47. The minimum atomic E-state index is -4.59. The van der Waals surface area contributed by atoms with E-state index in [4.69, 9.17) is 0 Å². The van der Waals surface area contributed by atoms with Crippen LogP contribution in [0.15, 0.2) is 58.6 Å². The van der Waals surface area contributed by atoms with E-state index >= 15 is 0 Å². The van der Waals surface area contributed by atoms with Gasteiger partial charge in [-0.05, 0) is 60.8 Å². The lowest BCUT2D eigenvalue weighted by Gasteiger charge is -2.40. The Kier molecular flexibility index (Phi) is 5.56. The maximum atomic E-state index is 13.4. The van der Waals surface area contributed by atoms with Gasteiger partial charge in [0.25, 0.3) is 0 Å². The van der Waals surface area contributed by atoms with Gasteiger partial charge in [-0.1, -0.05) is 29.5 Å². The van der Waals surface area contributed by atoms with Crippen molar-refractivity contribution in [2.45, 2.75) is 48.2 Å². The number of hydrogen-bond donors (Lipinski definition) is 1. The van der Waals surface area contributed by atoms with Gasteiger partial charge in [-0.2, -0.15) is 13.2 Å². The maximum absolute atomic E-state index is 13.4. The summed E-state index contributed by atoms with van der Waals surface area (Å²) in [7, 11) is 0. The highest BCUT2D eigenvalue weighted by Crippen LogP contribution is 2.63. The summed E-state index contributed by atoms with van der Waals surface area (Å²) in [5.41, 5.74) is -0.145. The summed E-state index contributed by atoms with van der Waals surface area (Å²) in [5, 5.41) is 3.51. The van der Waals surface area contributed by atoms with Gasteiger partial charge in [0.05, 0.1) is 16.3 Å². The zero-order chi connectivity index (χ0) is 24.3. The van der Waals surface area contributed by atoms with Gasteiger partial charge in [-0.15, -0.1) is 11.8 Å². The number of carbonyl (C=O) groups excluding carboxylic acids is 1. The third kappa shape index (κ3) is 3.91. The van der Waals surface area contributed by atoms with Gasteiger partial charge in [0.15, 0.2) is 0 Å². The number of anilines is 1. The first-order valence-corrected chi connectivity index (χ1v) is 13.3. The zero-order valence-electron chi connectivity index (χ0n) is 18.5. The molecule has 35 heavy (non-hydrogen) atoms. The van der Waals surface area contributed by atoms with Crippen LogP contribution in [0, 0.1) is 17.8 Å². The fourth-order valence-electron chi connectivity index (χ4n) is 6.19. The lowest BCUT2D eigenvalue weighted by Crippen LogP contribution is -2.35. The van der Waals surface area contributed by atoms with E-state index in [-0.39, 0.29) is 23.0 Å². The minimum Gasteiger partial charge on any atom is -0.324 e. The third-order valence-corrected chi connectivity index (χ3v) is 10.4. The van der Waals surface area contributed by atoms with Crippen LogP contribution in [-0.2, 0) is 17.5 Å². The van der Waals surface area contributed by atoms with Crippen molar-refractivity contribution in [1.82, 2.24) is 9.55 Å². The number of alkyl halides is 3. The number of para-hydroxylation sites is 1. The van der Waals surface area contributed by atoms with Crippen LogP contribution in [-0.4, -0.2) is 20.7 Å². The fraction of sp³-hybridized carbons (Fsp3) is 0.400. The lowest BCUT2D eigenvalue weighted by atomic mass is 9.75. The van der Waals surface area contributed by atoms with Gasteiger partial charge < -0.3 is 5.32 Å². The summed E-state index contributed by atoms with van der Waals surface area (Å²) in [6.07, 6.45) is 2.57. The molecule has 1 aromatic carbocycles. The Hall–Kier alpha value is -2.59. The number of fused-ring (bicyclic) bond motifs is 6. The largest absolute Gasteiger partial charge is 0.418 e. The topological polar surface area (TPSA) is 64.0 Å². The maximum Gasteiger partial charge on any atom is 0.418 e. The quantitative estimate of drug-likeness (QED) is 0.488. The SMILES string of the molecule is O=C(Cn1c2c(sc1=O)[C@H](c1cccnc1)C1C3CCC(C3)C1S2)Nc1ccccc1C(F)(F)F. The summed E-state index contributed by atoms with van der Waals surface area (Å²) in [5.74, 6) is 1.02. The van der Waals surface area contributed by atoms with Crippen LogP contribution in [0.4, 0.5) is 18.9 Å². The Morgan fingerprint density at radius 2 is 1.94 bits per heavy atom. The molecule has 2 aromatic heterocycles. The Morgan fingerprint density at radius 3 is 2.71 bits per heavy atom. The van der Waals surface area contributed by atoms with Crippen molar-refractivity contribution >= 4 is 34.7 Å². The molecule has 2 aliphatic carbocycles. The first-order chi connectivity index (χ1) is 16.8. The van der Waals surface area contributed by atoms with Crippen LogP contribution in [0.3, 0.4) is 0 Å². The molecular weight excluding hydrogens is 495 g/mol. The van der Waals surface area contributed by atoms with Crippen LogP contribution in [0.25, 0.3) is 0 Å². The smallest absolute Gasteiger partial charge is 0.324 e. The van der Waals surface area contributed by atoms with Crippen LogP contribution in [0.1, 0.15) is 41.2 Å². The van der Waals surface area contributed by atoms with Gasteiger partial charge in [0.2, 0.25) is 5.91 Å². The first kappa shape index (κ1) is 22.8. The van der Waals surface area contributed by atoms with E-state index in [1.54, 1.807) is 18.0 Å². The number of pyridine rings is 1. The minimum absolute atomic E-state index is 0.0493. The van der Waals surface area contributed by atoms with Gasteiger partial charge in [0, 0.05) is 28.4 Å². The van der Waals surface area contributed by atoms with Crippen molar-refractivity contribution in [2.24, 2.45) is 17.8 Å². The van der Waals surface area contributed by atoms with Gasteiger partial charge in [-0.25, -0.2) is 0 Å². The molecule has 182 valence electrons. The summed E-state index contributed by atoms with van der Waals surface area (Å²) < 4.78 is 41.5. The number of halogens is 3. The normalized spacial score (nSPS) is 26.9. The fourth-order valence-corrected chi connectivity index (χ4v) is 9.34. The van der Waals surface area contributed by atoms with Crippen molar-refractivity contribution in [3.05, 3.63) is 74.5 Å². The Balaban J connectivity index is 1.34. The molecule has 6 rings (SSSR count). The summed E-state index contributed by atoms with van der Waals surface area (Å²) in [4.78, 5) is 30.9. The van der Waals surface area contributed by atoms with E-state index in [9.17, 15) is 22.8 Å². The molecule has 3 heterocycles. The second kappa shape index (κ2) is 8.51. The number of benzene rings is 1. The highest BCUT2D eigenvalue weighted by atomic mass is 32.2. The van der Waals surface area contributed by atoms with Gasteiger partial charge in [0.1, 0.15) is 6.54 Å². The molecule has 3 aliphatic rings. The molecule has 5 atom stereocenters. The number of thiazole rings is 1. The third-order valence-electron chi connectivity index (χ3n) is 7.54. The molecule has 0 saturated heterocycles. The standard InChI is InChI=1S/C25H22F3N3O2S2/c26-25(27,28)16-5-1-2-6-17(16)30-18(32)12-31-23-22(35-24(31)33)20(15-4-3-9-29-11-15)19-13-7-8-14(10-13)21(19)34-23/h1-6,9,11,13-14,19-21H,7-8,10,12H2,(H,30,32)/t13?,14?,19?,20-,21?/m1/s1. The molecule has 1 amide bonds. The van der Waals surface area contributed by atoms with Crippen LogP contribution >= 0.6 is 23.1 Å². The zero-order valence-corrected chi connectivity index (χ0v) is 20.1. The molecule has 4 unspecified atom stereocenters. The van der Waals surface area contributed by atoms with E-state index in [1.165, 1.54) is 42.0 Å². The predicted octanol–water partition coefficient (Wildman–Crippen LogP) is 5.61. The number of thioether (sulfide) groups is 1. The number of nitrogens with one attached hydrogen (secondary N) is 1. The van der Waals surface area contributed by atoms with E-state index in [2.05, 4.69) is 16.4 Å². The Bertz CT molecular complexity index is 1340. The van der Waals surface area contributed by atoms with E-state index in [1.807, 2.05) is 12.3 Å². The van der Waals surface area contributed by atoms with E-state index < -0.39 is 17.6 Å². The van der Waals surface area contributed by atoms with Crippen molar-refractivity contribution in [3.63, 3.8) is 0 Å². The molecule has 2 bridgehead atoms. The highest BCUT2D eigenvalue weighted by Gasteiger charge is 2.55. The number of amides is 1. The van der Waals surface area contributed by atoms with Crippen molar-refractivity contribution in [2.75, 3.05) is 5.32 Å². The number of nitrogens with zero attached hydrogens (tertiary/aromatic N) is 2. The summed E-state index contributed by atoms with van der Waals surface area (Å²) in [6, 6.07) is 8.82. The molecule has 0 spiro atoms. The summed E-state index contributed by atoms with van der Waals surface area (Å²) >= 11 is 2.84. The van der Waals surface area contributed by atoms with Crippen LogP contribution in [0.2, 0.25) is 0 Å². The average Bonchev–Trinajstić information content (AvgIpc) is 3.52. The molecule has 5 nitrogen and oxygen atoms in total.